The first-order valence-corrected chi connectivity index (χ1v) is 9.45. The molecule has 1 saturated carbocycles. The largest absolute Gasteiger partial charge is 0.424 e. The number of rotatable bonds is 7. The van der Waals surface area contributed by atoms with Crippen LogP contribution in [0.4, 0.5) is 0 Å². The second-order valence-electron chi connectivity index (χ2n) is 7.10. The summed E-state index contributed by atoms with van der Waals surface area (Å²) in [6.45, 7) is 2.77. The fourth-order valence-corrected chi connectivity index (χ4v) is 3.73. The molecule has 0 spiro atoms. The van der Waals surface area contributed by atoms with E-state index in [0.29, 0.717) is 18.0 Å². The molecule has 27 heavy (non-hydrogen) atoms. The topological polar surface area (TPSA) is 73.1 Å². The molecule has 6 nitrogen and oxygen atoms in total. The van der Waals surface area contributed by atoms with Gasteiger partial charge in [0.1, 0.15) is 11.5 Å². The summed E-state index contributed by atoms with van der Waals surface area (Å²) in [5.41, 5.74) is 2.14. The molecule has 1 fully saturated rings. The van der Waals surface area contributed by atoms with Crippen molar-refractivity contribution in [2.75, 3.05) is 0 Å². The Hall–Kier alpha value is -2.73. The number of nitrogens with zero attached hydrogens (tertiary/aromatic N) is 3. The lowest BCUT2D eigenvalue weighted by molar-refractivity contribution is 0.329. The van der Waals surface area contributed by atoms with Crippen LogP contribution in [0, 0.1) is 12.8 Å². The quantitative estimate of drug-likeness (QED) is 0.681. The number of benzene rings is 1. The highest BCUT2D eigenvalue weighted by molar-refractivity contribution is 5.30. The standard InChI is InChI=1S/C21H24N4O2/c1-15-11-19(27-25-15)13-17-6-3-8-20(17)24-14-16-5-2-7-18(12-16)26-21-22-9-4-10-23-21/h2,4-5,7,9-12,17,20,24H,3,6,8,13-14H2,1H3/t17-,20+/m0/s1. The third-order valence-electron chi connectivity index (χ3n) is 5.02. The van der Waals surface area contributed by atoms with Crippen LogP contribution in [0.5, 0.6) is 11.8 Å². The SMILES string of the molecule is Cc1cc(C[C@@H]2CCC[C@H]2NCc2cccc(Oc3ncccn3)c2)on1. The Morgan fingerprint density at radius 3 is 2.85 bits per heavy atom. The second kappa shape index (κ2) is 8.31. The van der Waals surface area contributed by atoms with Crippen molar-refractivity contribution in [3.8, 4) is 11.8 Å². The highest BCUT2D eigenvalue weighted by Gasteiger charge is 2.28. The van der Waals surface area contributed by atoms with Gasteiger partial charge in [0, 0.05) is 37.5 Å². The molecule has 0 amide bonds. The summed E-state index contributed by atoms with van der Waals surface area (Å²) >= 11 is 0. The van der Waals surface area contributed by atoms with Crippen molar-refractivity contribution in [2.24, 2.45) is 5.92 Å². The van der Waals surface area contributed by atoms with Gasteiger partial charge >= 0.3 is 6.01 Å². The van der Waals surface area contributed by atoms with Crippen LogP contribution in [-0.2, 0) is 13.0 Å². The molecule has 2 aromatic heterocycles. The van der Waals surface area contributed by atoms with Crippen molar-refractivity contribution in [1.29, 1.82) is 0 Å². The minimum Gasteiger partial charge on any atom is -0.424 e. The van der Waals surface area contributed by atoms with Crippen LogP contribution in [0.25, 0.3) is 0 Å². The smallest absolute Gasteiger partial charge is 0.321 e. The van der Waals surface area contributed by atoms with Crippen molar-refractivity contribution in [3.05, 3.63) is 65.8 Å². The lowest BCUT2D eigenvalue weighted by Gasteiger charge is -2.20. The normalized spacial score (nSPS) is 19.3. The maximum Gasteiger partial charge on any atom is 0.321 e. The van der Waals surface area contributed by atoms with Gasteiger partial charge in [0.05, 0.1) is 5.69 Å². The Balaban J connectivity index is 1.34. The van der Waals surface area contributed by atoms with E-state index in [2.05, 4.69) is 26.5 Å². The first kappa shape index (κ1) is 17.7. The first-order valence-electron chi connectivity index (χ1n) is 9.45. The fourth-order valence-electron chi connectivity index (χ4n) is 3.73. The molecular formula is C21H24N4O2. The van der Waals surface area contributed by atoms with Gasteiger partial charge in [-0.2, -0.15) is 0 Å². The predicted molar refractivity (Wildman–Crippen MR) is 101 cm³/mol. The van der Waals surface area contributed by atoms with Gasteiger partial charge in [0.25, 0.3) is 0 Å². The average Bonchev–Trinajstić information content (AvgIpc) is 3.30. The van der Waals surface area contributed by atoms with Gasteiger partial charge < -0.3 is 14.6 Å². The molecule has 1 aliphatic carbocycles. The van der Waals surface area contributed by atoms with E-state index < -0.39 is 0 Å². The van der Waals surface area contributed by atoms with E-state index in [-0.39, 0.29) is 0 Å². The second-order valence-corrected chi connectivity index (χ2v) is 7.10. The highest BCUT2D eigenvalue weighted by Crippen LogP contribution is 2.29. The van der Waals surface area contributed by atoms with E-state index in [1.54, 1.807) is 18.5 Å². The lowest BCUT2D eigenvalue weighted by Crippen LogP contribution is -2.32. The monoisotopic (exact) mass is 364 g/mol. The number of hydrogen-bond acceptors (Lipinski definition) is 6. The van der Waals surface area contributed by atoms with Crippen molar-refractivity contribution >= 4 is 0 Å². The number of aromatic nitrogens is 3. The van der Waals surface area contributed by atoms with Gasteiger partial charge in [-0.05, 0) is 49.4 Å². The van der Waals surface area contributed by atoms with Gasteiger partial charge in [-0.3, -0.25) is 0 Å². The molecule has 0 unspecified atom stereocenters. The van der Waals surface area contributed by atoms with Gasteiger partial charge in [0.2, 0.25) is 0 Å². The molecule has 4 rings (SSSR count). The molecule has 0 saturated heterocycles. The third kappa shape index (κ3) is 4.71. The van der Waals surface area contributed by atoms with Crippen LogP contribution in [0.2, 0.25) is 0 Å². The summed E-state index contributed by atoms with van der Waals surface area (Å²) < 4.78 is 11.1. The Labute approximate surface area is 159 Å². The molecule has 0 bridgehead atoms. The van der Waals surface area contributed by atoms with E-state index in [4.69, 9.17) is 9.26 Å². The highest BCUT2D eigenvalue weighted by atomic mass is 16.5. The van der Waals surface area contributed by atoms with E-state index in [0.717, 1.165) is 30.2 Å². The molecule has 6 heteroatoms. The van der Waals surface area contributed by atoms with Gasteiger partial charge in [0.15, 0.2) is 0 Å². The molecule has 1 aromatic carbocycles. The van der Waals surface area contributed by atoms with Gasteiger partial charge in [-0.25, -0.2) is 9.97 Å². The Morgan fingerprint density at radius 1 is 1.15 bits per heavy atom. The van der Waals surface area contributed by atoms with Crippen molar-refractivity contribution in [2.45, 2.75) is 45.2 Å². The summed E-state index contributed by atoms with van der Waals surface area (Å²) in [7, 11) is 0. The molecule has 2 atom stereocenters. The summed E-state index contributed by atoms with van der Waals surface area (Å²) in [6, 6.07) is 12.7. The van der Waals surface area contributed by atoms with E-state index >= 15 is 0 Å². The minimum absolute atomic E-state index is 0.362. The van der Waals surface area contributed by atoms with Gasteiger partial charge in [-0.15, -0.1) is 0 Å². The van der Waals surface area contributed by atoms with E-state index in [9.17, 15) is 0 Å². The van der Waals surface area contributed by atoms with Crippen LogP contribution in [0.15, 0.2) is 53.3 Å². The van der Waals surface area contributed by atoms with E-state index in [1.165, 1.54) is 24.8 Å². The van der Waals surface area contributed by atoms with Gasteiger partial charge in [-0.1, -0.05) is 23.7 Å². The minimum atomic E-state index is 0.362. The maximum absolute atomic E-state index is 5.72. The van der Waals surface area contributed by atoms with Crippen LogP contribution < -0.4 is 10.1 Å². The average molecular weight is 364 g/mol. The third-order valence-corrected chi connectivity index (χ3v) is 5.02. The van der Waals surface area contributed by atoms with Crippen LogP contribution in [0.3, 0.4) is 0 Å². The number of nitrogens with one attached hydrogen (secondary N) is 1. The fraction of sp³-hybridized carbons (Fsp3) is 0.381. The number of hydrogen-bond donors (Lipinski definition) is 1. The van der Waals surface area contributed by atoms with Crippen LogP contribution in [-0.4, -0.2) is 21.2 Å². The van der Waals surface area contributed by atoms with Crippen molar-refractivity contribution in [3.63, 3.8) is 0 Å². The van der Waals surface area contributed by atoms with Crippen molar-refractivity contribution in [1.82, 2.24) is 20.4 Å². The lowest BCUT2D eigenvalue weighted by atomic mass is 9.97. The summed E-state index contributed by atoms with van der Waals surface area (Å²) in [4.78, 5) is 8.20. The van der Waals surface area contributed by atoms with Crippen molar-refractivity contribution < 1.29 is 9.26 Å². The zero-order valence-corrected chi connectivity index (χ0v) is 15.5. The molecule has 0 aliphatic heterocycles. The zero-order chi connectivity index (χ0) is 18.5. The summed E-state index contributed by atoms with van der Waals surface area (Å²) in [5, 5.41) is 7.72. The molecule has 1 N–H and O–H groups in total. The van der Waals surface area contributed by atoms with E-state index in [1.807, 2.05) is 31.2 Å². The molecule has 140 valence electrons. The zero-order valence-electron chi connectivity index (χ0n) is 15.5. The summed E-state index contributed by atoms with van der Waals surface area (Å²) in [5.74, 6) is 2.33. The first-order chi connectivity index (χ1) is 13.3. The van der Waals surface area contributed by atoms with Crippen LogP contribution in [0.1, 0.15) is 36.3 Å². The molecule has 1 aliphatic rings. The van der Waals surface area contributed by atoms with Crippen LogP contribution >= 0.6 is 0 Å². The Bertz CT molecular complexity index is 865. The number of ether oxygens (including phenoxy) is 1. The molecule has 0 radical (unpaired) electrons. The predicted octanol–water partition coefficient (Wildman–Crippen LogP) is 4.07. The Morgan fingerprint density at radius 2 is 2.04 bits per heavy atom. The molecule has 2 heterocycles. The molecule has 3 aromatic rings. The Kier molecular flexibility index (Phi) is 5.44. The maximum atomic E-state index is 5.72. The number of aryl methyl sites for hydroxylation is 1. The summed E-state index contributed by atoms with van der Waals surface area (Å²) in [6.07, 6.45) is 7.97. The molecular weight excluding hydrogens is 340 g/mol.